The van der Waals surface area contributed by atoms with Crippen LogP contribution in [0.25, 0.3) is 6.08 Å². The standard InChI is InChI=1S/C23H23N3O2/c1-14-3-2-4-19(13-15-5-7-17(8-6-15)22(24)25)21(27)20(14)16-9-11-18(12-10-16)23(26)28/h5-13,20H,1-4H2,(H3,24,25)(H2,26,28)/b19-13-. The Kier molecular flexibility index (Phi) is 5.54. The molecule has 2 aromatic carbocycles. The quantitative estimate of drug-likeness (QED) is 0.251. The van der Waals surface area contributed by atoms with Gasteiger partial charge in [0.05, 0.1) is 5.92 Å². The van der Waals surface area contributed by atoms with Crippen molar-refractivity contribution in [2.45, 2.75) is 25.2 Å². The number of allylic oxidation sites excluding steroid dienone is 2. The number of primary amides is 1. The lowest BCUT2D eigenvalue weighted by atomic mass is 9.85. The van der Waals surface area contributed by atoms with Gasteiger partial charge in [0, 0.05) is 11.1 Å². The zero-order valence-corrected chi connectivity index (χ0v) is 15.6. The maximum atomic E-state index is 13.3. The highest BCUT2D eigenvalue weighted by Crippen LogP contribution is 2.35. The summed E-state index contributed by atoms with van der Waals surface area (Å²) >= 11 is 0. The summed E-state index contributed by atoms with van der Waals surface area (Å²) in [7, 11) is 0. The van der Waals surface area contributed by atoms with E-state index in [9.17, 15) is 9.59 Å². The number of benzene rings is 2. The molecule has 142 valence electrons. The van der Waals surface area contributed by atoms with Crippen molar-refractivity contribution in [1.29, 1.82) is 5.41 Å². The first kappa shape index (κ1) is 19.3. The number of nitrogens with two attached hydrogens (primary N) is 2. The highest BCUT2D eigenvalue weighted by molar-refractivity contribution is 6.06. The minimum absolute atomic E-state index is 0.0144. The molecule has 0 heterocycles. The molecular weight excluding hydrogens is 350 g/mol. The van der Waals surface area contributed by atoms with Crippen molar-refractivity contribution in [2.75, 3.05) is 0 Å². The van der Waals surface area contributed by atoms with Crippen LogP contribution >= 0.6 is 0 Å². The second-order valence-electron chi connectivity index (χ2n) is 7.00. The molecule has 3 rings (SSSR count). The summed E-state index contributed by atoms with van der Waals surface area (Å²) in [5.41, 5.74) is 15.2. The van der Waals surface area contributed by atoms with Gasteiger partial charge in [-0.05, 0) is 54.2 Å². The summed E-state index contributed by atoms with van der Waals surface area (Å²) in [6, 6.07) is 14.1. The largest absolute Gasteiger partial charge is 0.384 e. The molecule has 0 saturated heterocycles. The Hall–Kier alpha value is -3.47. The van der Waals surface area contributed by atoms with Crippen LogP contribution < -0.4 is 11.5 Å². The number of carbonyl (C=O) groups is 2. The second-order valence-corrected chi connectivity index (χ2v) is 7.00. The number of amides is 1. The third-order valence-electron chi connectivity index (χ3n) is 5.02. The summed E-state index contributed by atoms with van der Waals surface area (Å²) in [6.07, 6.45) is 4.21. The van der Waals surface area contributed by atoms with Crippen LogP contribution in [0.3, 0.4) is 0 Å². The maximum Gasteiger partial charge on any atom is 0.248 e. The molecule has 5 N–H and O–H groups in total. The molecule has 0 aliphatic heterocycles. The van der Waals surface area contributed by atoms with E-state index in [0.717, 1.165) is 35.1 Å². The van der Waals surface area contributed by atoms with E-state index in [0.29, 0.717) is 17.5 Å². The minimum atomic E-state index is -0.493. The van der Waals surface area contributed by atoms with Gasteiger partial charge in [-0.2, -0.15) is 0 Å². The second kappa shape index (κ2) is 8.05. The summed E-state index contributed by atoms with van der Waals surface area (Å²) in [6.45, 7) is 4.14. The Morgan fingerprint density at radius 1 is 1.00 bits per heavy atom. The Bertz CT molecular complexity index is 970. The van der Waals surface area contributed by atoms with E-state index in [2.05, 4.69) is 6.58 Å². The first-order valence-corrected chi connectivity index (χ1v) is 9.13. The number of Topliss-reactive ketones (excluding diaryl/α,β-unsaturated/α-hetero) is 1. The fourth-order valence-corrected chi connectivity index (χ4v) is 3.47. The highest BCUT2D eigenvalue weighted by atomic mass is 16.1. The number of nitrogen functional groups attached to an aromatic ring is 1. The van der Waals surface area contributed by atoms with E-state index in [1.54, 1.807) is 36.4 Å². The van der Waals surface area contributed by atoms with E-state index in [-0.39, 0.29) is 11.6 Å². The minimum Gasteiger partial charge on any atom is -0.384 e. The van der Waals surface area contributed by atoms with Crippen LogP contribution in [0.4, 0.5) is 0 Å². The summed E-state index contributed by atoms with van der Waals surface area (Å²) < 4.78 is 0. The Morgan fingerprint density at radius 2 is 1.61 bits per heavy atom. The van der Waals surface area contributed by atoms with Crippen LogP contribution in [0.1, 0.15) is 52.2 Å². The van der Waals surface area contributed by atoms with Gasteiger partial charge in [0.25, 0.3) is 0 Å². The normalized spacial score (nSPS) is 18.7. The molecule has 1 aliphatic rings. The average molecular weight is 373 g/mol. The first-order valence-electron chi connectivity index (χ1n) is 9.13. The third kappa shape index (κ3) is 4.09. The molecule has 28 heavy (non-hydrogen) atoms. The predicted octanol–water partition coefficient (Wildman–Crippen LogP) is 3.55. The molecule has 1 atom stereocenters. The molecule has 1 aliphatic carbocycles. The average Bonchev–Trinajstić information content (AvgIpc) is 2.81. The van der Waals surface area contributed by atoms with Gasteiger partial charge in [-0.25, -0.2) is 0 Å². The van der Waals surface area contributed by atoms with Gasteiger partial charge in [-0.15, -0.1) is 0 Å². The van der Waals surface area contributed by atoms with Gasteiger partial charge in [-0.3, -0.25) is 15.0 Å². The van der Waals surface area contributed by atoms with Crippen LogP contribution in [0, 0.1) is 5.41 Å². The lowest BCUT2D eigenvalue weighted by Crippen LogP contribution is -2.16. The number of hydrogen-bond donors (Lipinski definition) is 3. The maximum absolute atomic E-state index is 13.3. The predicted molar refractivity (Wildman–Crippen MR) is 111 cm³/mol. The van der Waals surface area contributed by atoms with E-state index < -0.39 is 11.8 Å². The fourth-order valence-electron chi connectivity index (χ4n) is 3.47. The SMILES string of the molecule is C=C1CCC/C(=C/c2ccc(C(=N)N)cc2)C(=O)C1c1ccc(C(N)=O)cc1. The first-order chi connectivity index (χ1) is 13.4. The molecule has 0 bridgehead atoms. The molecule has 0 aromatic heterocycles. The lowest BCUT2D eigenvalue weighted by Gasteiger charge is -2.17. The fraction of sp³-hybridized carbons (Fsp3) is 0.174. The summed E-state index contributed by atoms with van der Waals surface area (Å²) in [4.78, 5) is 24.6. The monoisotopic (exact) mass is 373 g/mol. The molecule has 0 spiro atoms. The Morgan fingerprint density at radius 3 is 2.18 bits per heavy atom. The van der Waals surface area contributed by atoms with Crippen molar-refractivity contribution >= 4 is 23.6 Å². The van der Waals surface area contributed by atoms with Crippen molar-refractivity contribution in [3.8, 4) is 0 Å². The molecule has 1 fully saturated rings. The number of carbonyl (C=O) groups excluding carboxylic acids is 2. The molecule has 5 heteroatoms. The van der Waals surface area contributed by atoms with Gasteiger partial charge < -0.3 is 11.5 Å². The van der Waals surface area contributed by atoms with Crippen molar-refractivity contribution in [3.63, 3.8) is 0 Å². The molecular formula is C23H23N3O2. The van der Waals surface area contributed by atoms with Crippen molar-refractivity contribution < 1.29 is 9.59 Å². The van der Waals surface area contributed by atoms with Gasteiger partial charge >= 0.3 is 0 Å². The Labute approximate surface area is 164 Å². The van der Waals surface area contributed by atoms with Gasteiger partial charge in [0.2, 0.25) is 5.91 Å². The van der Waals surface area contributed by atoms with Gasteiger partial charge in [0.1, 0.15) is 5.84 Å². The number of nitrogens with one attached hydrogen (secondary N) is 1. The van der Waals surface area contributed by atoms with Crippen LogP contribution in [0.15, 0.2) is 66.3 Å². The number of hydrogen-bond acceptors (Lipinski definition) is 3. The van der Waals surface area contributed by atoms with Crippen molar-refractivity contribution in [1.82, 2.24) is 0 Å². The van der Waals surface area contributed by atoms with Crippen molar-refractivity contribution in [3.05, 3.63) is 88.5 Å². The Balaban J connectivity index is 1.93. The van der Waals surface area contributed by atoms with Crippen LogP contribution in [-0.2, 0) is 4.79 Å². The highest BCUT2D eigenvalue weighted by Gasteiger charge is 2.29. The van der Waals surface area contributed by atoms with Crippen molar-refractivity contribution in [2.24, 2.45) is 11.5 Å². The molecule has 2 aromatic rings. The number of rotatable bonds is 4. The summed E-state index contributed by atoms with van der Waals surface area (Å²) in [5, 5.41) is 7.47. The van der Waals surface area contributed by atoms with E-state index in [4.69, 9.17) is 16.9 Å². The lowest BCUT2D eigenvalue weighted by molar-refractivity contribution is -0.116. The zero-order valence-electron chi connectivity index (χ0n) is 15.6. The van der Waals surface area contributed by atoms with Gasteiger partial charge in [-0.1, -0.05) is 48.6 Å². The molecule has 5 nitrogen and oxygen atoms in total. The van der Waals surface area contributed by atoms with E-state index >= 15 is 0 Å². The zero-order chi connectivity index (χ0) is 20.3. The topological polar surface area (TPSA) is 110 Å². The van der Waals surface area contributed by atoms with Crippen LogP contribution in [0.5, 0.6) is 0 Å². The smallest absolute Gasteiger partial charge is 0.248 e. The van der Waals surface area contributed by atoms with E-state index in [1.807, 2.05) is 18.2 Å². The molecule has 0 radical (unpaired) electrons. The molecule has 1 unspecified atom stereocenters. The molecule has 1 amide bonds. The van der Waals surface area contributed by atoms with Crippen LogP contribution in [0.2, 0.25) is 0 Å². The van der Waals surface area contributed by atoms with E-state index in [1.165, 1.54) is 0 Å². The van der Waals surface area contributed by atoms with Gasteiger partial charge in [0.15, 0.2) is 5.78 Å². The van der Waals surface area contributed by atoms with Crippen LogP contribution in [-0.4, -0.2) is 17.5 Å². The number of amidine groups is 1. The molecule has 1 saturated carbocycles. The third-order valence-corrected chi connectivity index (χ3v) is 5.02. The number of ketones is 1. The summed E-state index contributed by atoms with van der Waals surface area (Å²) in [5.74, 6) is -0.871.